The first kappa shape index (κ1) is 16.5. The molecule has 0 saturated carbocycles. The van der Waals surface area contributed by atoms with Crippen LogP contribution in [0.5, 0.6) is 5.75 Å². The highest BCUT2D eigenvalue weighted by molar-refractivity contribution is 5.71. The average Bonchev–Trinajstić information content (AvgIpc) is 3.26. The fraction of sp³-hybridized carbons (Fsp3) is 0.455. The second kappa shape index (κ2) is 7.49. The first-order valence-electron chi connectivity index (χ1n) is 9.63. The van der Waals surface area contributed by atoms with Crippen LogP contribution >= 0.6 is 0 Å². The van der Waals surface area contributed by atoms with Crippen molar-refractivity contribution in [2.45, 2.75) is 38.6 Å². The Balaban J connectivity index is 1.34. The highest BCUT2D eigenvalue weighted by Gasteiger charge is 2.26. The molecule has 2 aromatic rings. The summed E-state index contributed by atoms with van der Waals surface area (Å²) >= 11 is 0. The van der Waals surface area contributed by atoms with Crippen LogP contribution in [0, 0.1) is 0 Å². The molecule has 3 nitrogen and oxygen atoms in total. The van der Waals surface area contributed by atoms with Crippen molar-refractivity contribution in [3.8, 4) is 5.75 Å². The number of likely N-dealkylation sites (tertiary alicyclic amines) is 1. The predicted octanol–water partition coefficient (Wildman–Crippen LogP) is 4.63. The van der Waals surface area contributed by atoms with E-state index in [1.165, 1.54) is 49.4 Å². The summed E-state index contributed by atoms with van der Waals surface area (Å²) in [6, 6.07) is 17.8. The Bertz CT molecular complexity index is 691. The number of rotatable bonds is 6. The molecule has 2 aromatic carbocycles. The maximum atomic E-state index is 5.93. The van der Waals surface area contributed by atoms with E-state index in [9.17, 15) is 0 Å². The van der Waals surface area contributed by atoms with Gasteiger partial charge in [-0.2, -0.15) is 0 Å². The van der Waals surface area contributed by atoms with Gasteiger partial charge in [0.05, 0.1) is 6.61 Å². The molecule has 0 aromatic heterocycles. The normalized spacial score (nSPS) is 20.0. The fourth-order valence-corrected chi connectivity index (χ4v) is 4.15. The molecule has 2 aliphatic heterocycles. The van der Waals surface area contributed by atoms with Gasteiger partial charge < -0.3 is 14.5 Å². The van der Waals surface area contributed by atoms with Crippen molar-refractivity contribution in [3.63, 3.8) is 0 Å². The number of benzene rings is 2. The third-order valence-electron chi connectivity index (χ3n) is 5.41. The second-order valence-electron chi connectivity index (χ2n) is 7.30. The van der Waals surface area contributed by atoms with Crippen LogP contribution in [0.1, 0.15) is 31.7 Å². The Morgan fingerprint density at radius 3 is 2.56 bits per heavy atom. The Labute approximate surface area is 151 Å². The molecule has 2 heterocycles. The lowest BCUT2D eigenvalue weighted by molar-refractivity contribution is 0.263. The topological polar surface area (TPSA) is 15.7 Å². The molecule has 0 aliphatic carbocycles. The first-order valence-corrected chi connectivity index (χ1v) is 9.63. The summed E-state index contributed by atoms with van der Waals surface area (Å²) in [4.78, 5) is 4.98. The van der Waals surface area contributed by atoms with Crippen LogP contribution in [0.2, 0.25) is 0 Å². The Morgan fingerprint density at radius 1 is 1.00 bits per heavy atom. The zero-order valence-corrected chi connectivity index (χ0v) is 15.2. The zero-order chi connectivity index (χ0) is 17.1. The van der Waals surface area contributed by atoms with Gasteiger partial charge in [0.2, 0.25) is 0 Å². The molecule has 132 valence electrons. The average molecular weight is 336 g/mol. The lowest BCUT2D eigenvalue weighted by atomic mass is 10.1. The van der Waals surface area contributed by atoms with Crippen LogP contribution in [0.15, 0.2) is 48.5 Å². The van der Waals surface area contributed by atoms with E-state index >= 15 is 0 Å². The highest BCUT2D eigenvalue weighted by atomic mass is 16.5. The first-order chi connectivity index (χ1) is 12.3. The quantitative estimate of drug-likeness (QED) is 0.715. The molecule has 2 aliphatic rings. The van der Waals surface area contributed by atoms with Crippen LogP contribution in [0.4, 0.5) is 11.4 Å². The van der Waals surface area contributed by atoms with E-state index in [1.807, 2.05) is 0 Å². The molecule has 0 bridgehead atoms. The molecule has 1 saturated heterocycles. The molecule has 0 amide bonds. The van der Waals surface area contributed by atoms with E-state index in [4.69, 9.17) is 4.74 Å². The van der Waals surface area contributed by atoms with Gasteiger partial charge in [0.25, 0.3) is 0 Å². The maximum absolute atomic E-state index is 5.93. The number of hydrogen-bond acceptors (Lipinski definition) is 3. The summed E-state index contributed by atoms with van der Waals surface area (Å²) < 4.78 is 5.93. The van der Waals surface area contributed by atoms with Crippen LogP contribution in [0.25, 0.3) is 0 Å². The van der Waals surface area contributed by atoms with Crippen LogP contribution in [-0.4, -0.2) is 37.2 Å². The van der Waals surface area contributed by atoms with Crippen molar-refractivity contribution in [2.75, 3.05) is 31.1 Å². The van der Waals surface area contributed by atoms with E-state index in [2.05, 4.69) is 65.3 Å². The Kier molecular flexibility index (Phi) is 4.93. The summed E-state index contributed by atoms with van der Waals surface area (Å²) in [6.45, 7) is 6.80. The molecule has 25 heavy (non-hydrogen) atoms. The number of anilines is 2. The van der Waals surface area contributed by atoms with Crippen LogP contribution in [0.3, 0.4) is 0 Å². The maximum Gasteiger partial charge on any atom is 0.119 e. The smallest absolute Gasteiger partial charge is 0.119 e. The molecule has 4 rings (SSSR count). The van der Waals surface area contributed by atoms with E-state index in [0.717, 1.165) is 25.2 Å². The molecule has 0 spiro atoms. The molecule has 0 radical (unpaired) electrons. The second-order valence-corrected chi connectivity index (χ2v) is 7.30. The number of nitrogens with zero attached hydrogens (tertiary/aromatic N) is 2. The Morgan fingerprint density at radius 2 is 1.76 bits per heavy atom. The van der Waals surface area contributed by atoms with Crippen molar-refractivity contribution in [3.05, 3.63) is 54.1 Å². The van der Waals surface area contributed by atoms with Gasteiger partial charge in [-0.25, -0.2) is 0 Å². The SMILES string of the molecule is CC1Cc2ccccc2N1c1ccc(OCCCN2CCCC2)cc1. The third kappa shape index (κ3) is 3.67. The van der Waals surface area contributed by atoms with Crippen molar-refractivity contribution >= 4 is 11.4 Å². The summed E-state index contributed by atoms with van der Waals surface area (Å²) in [5.74, 6) is 0.977. The van der Waals surface area contributed by atoms with Crippen molar-refractivity contribution < 1.29 is 4.74 Å². The standard InChI is InChI=1S/C22H28N2O/c1-18-17-19-7-2-3-8-22(19)24(18)20-9-11-21(12-10-20)25-16-6-15-23-13-4-5-14-23/h2-3,7-12,18H,4-6,13-17H2,1H3. The summed E-state index contributed by atoms with van der Waals surface area (Å²) in [5, 5.41) is 0. The van der Waals surface area contributed by atoms with Gasteiger partial charge in [0.15, 0.2) is 0 Å². The van der Waals surface area contributed by atoms with Gasteiger partial charge in [-0.1, -0.05) is 18.2 Å². The number of para-hydroxylation sites is 1. The largest absolute Gasteiger partial charge is 0.494 e. The van der Waals surface area contributed by atoms with Crippen molar-refractivity contribution in [1.82, 2.24) is 4.90 Å². The molecule has 0 N–H and O–H groups in total. The highest BCUT2D eigenvalue weighted by Crippen LogP contribution is 2.38. The molecule has 1 atom stereocenters. The van der Waals surface area contributed by atoms with Crippen molar-refractivity contribution in [1.29, 1.82) is 0 Å². The van der Waals surface area contributed by atoms with Crippen molar-refractivity contribution in [2.24, 2.45) is 0 Å². The van der Waals surface area contributed by atoms with Gasteiger partial charge in [-0.3, -0.25) is 0 Å². The minimum absolute atomic E-state index is 0.504. The molecule has 1 unspecified atom stereocenters. The summed E-state index contributed by atoms with van der Waals surface area (Å²) in [5.41, 5.74) is 4.04. The van der Waals surface area contributed by atoms with Gasteiger partial charge in [0, 0.05) is 24.0 Å². The third-order valence-corrected chi connectivity index (χ3v) is 5.41. The summed E-state index contributed by atoms with van der Waals surface area (Å²) in [6.07, 6.45) is 4.95. The molecule has 3 heteroatoms. The van der Waals surface area contributed by atoms with Crippen LogP contribution in [-0.2, 0) is 6.42 Å². The fourth-order valence-electron chi connectivity index (χ4n) is 4.15. The van der Waals surface area contributed by atoms with Crippen LogP contribution < -0.4 is 9.64 Å². The molecular formula is C22H28N2O. The van der Waals surface area contributed by atoms with Gasteiger partial charge in [-0.15, -0.1) is 0 Å². The Hall–Kier alpha value is -2.00. The van der Waals surface area contributed by atoms with E-state index in [1.54, 1.807) is 0 Å². The minimum Gasteiger partial charge on any atom is -0.494 e. The monoisotopic (exact) mass is 336 g/mol. The number of fused-ring (bicyclic) bond motifs is 1. The lowest BCUT2D eigenvalue weighted by Gasteiger charge is -2.25. The number of ether oxygens (including phenoxy) is 1. The van der Waals surface area contributed by atoms with Gasteiger partial charge in [-0.05, 0) is 81.6 Å². The minimum atomic E-state index is 0.504. The lowest BCUT2D eigenvalue weighted by Crippen LogP contribution is -2.23. The zero-order valence-electron chi connectivity index (χ0n) is 15.2. The molecule has 1 fully saturated rings. The van der Waals surface area contributed by atoms with E-state index in [0.29, 0.717) is 6.04 Å². The van der Waals surface area contributed by atoms with E-state index in [-0.39, 0.29) is 0 Å². The number of hydrogen-bond donors (Lipinski definition) is 0. The summed E-state index contributed by atoms with van der Waals surface area (Å²) in [7, 11) is 0. The van der Waals surface area contributed by atoms with E-state index < -0.39 is 0 Å². The molecular weight excluding hydrogens is 308 g/mol. The predicted molar refractivity (Wildman–Crippen MR) is 104 cm³/mol. The van der Waals surface area contributed by atoms with Gasteiger partial charge in [0.1, 0.15) is 5.75 Å². The van der Waals surface area contributed by atoms with Gasteiger partial charge >= 0.3 is 0 Å².